The van der Waals surface area contributed by atoms with Crippen molar-refractivity contribution in [1.82, 2.24) is 0 Å². The zero-order chi connectivity index (χ0) is 21.7. The molecule has 0 saturated heterocycles. The summed E-state index contributed by atoms with van der Waals surface area (Å²) in [5, 5.41) is 10.3. The first-order chi connectivity index (χ1) is 14.2. The lowest BCUT2D eigenvalue weighted by Crippen LogP contribution is -2.54. The van der Waals surface area contributed by atoms with Crippen LogP contribution in [0.15, 0.2) is 0 Å². The van der Waals surface area contributed by atoms with E-state index in [9.17, 15) is 5.11 Å². The van der Waals surface area contributed by atoms with Gasteiger partial charge in [-0.05, 0) is 122 Å². The molecule has 30 heavy (non-hydrogen) atoms. The molecule has 4 saturated carbocycles. The first-order valence-corrected chi connectivity index (χ1v) is 13.9. The number of hydrogen-bond acceptors (Lipinski definition) is 1. The van der Waals surface area contributed by atoms with Crippen molar-refractivity contribution in [3.63, 3.8) is 0 Å². The van der Waals surface area contributed by atoms with Gasteiger partial charge in [0, 0.05) is 0 Å². The van der Waals surface area contributed by atoms with E-state index < -0.39 is 0 Å². The molecule has 0 aliphatic heterocycles. The molecule has 0 radical (unpaired) electrons. The molecule has 0 aromatic heterocycles. The number of aliphatic hydroxyl groups excluding tert-OH is 1. The molecule has 1 N–H and O–H groups in total. The van der Waals surface area contributed by atoms with Gasteiger partial charge in [0.1, 0.15) is 0 Å². The molecule has 174 valence electrons. The molecular weight excluding hydrogens is 364 g/mol. The number of rotatable bonds is 6. The van der Waals surface area contributed by atoms with E-state index in [1.807, 2.05) is 0 Å². The summed E-state index contributed by atoms with van der Waals surface area (Å²) in [6, 6.07) is 0. The molecular formula is C29H52O. The van der Waals surface area contributed by atoms with Crippen LogP contribution in [-0.4, -0.2) is 11.2 Å². The van der Waals surface area contributed by atoms with Gasteiger partial charge in [0.2, 0.25) is 0 Å². The summed E-state index contributed by atoms with van der Waals surface area (Å²) < 4.78 is 0. The van der Waals surface area contributed by atoms with Crippen LogP contribution in [0.2, 0.25) is 0 Å². The Morgan fingerprint density at radius 2 is 1.53 bits per heavy atom. The van der Waals surface area contributed by atoms with Crippen LogP contribution in [0, 0.1) is 58.2 Å². The van der Waals surface area contributed by atoms with Gasteiger partial charge in [0.25, 0.3) is 0 Å². The summed E-state index contributed by atoms with van der Waals surface area (Å²) in [6.45, 7) is 15.2. The van der Waals surface area contributed by atoms with Gasteiger partial charge in [-0.1, -0.05) is 54.4 Å². The summed E-state index contributed by atoms with van der Waals surface area (Å²) in [5.41, 5.74) is 1.14. The van der Waals surface area contributed by atoms with E-state index >= 15 is 0 Å². The van der Waals surface area contributed by atoms with Gasteiger partial charge < -0.3 is 5.11 Å². The van der Waals surface area contributed by atoms with Gasteiger partial charge in [-0.15, -0.1) is 0 Å². The Labute approximate surface area is 188 Å². The third-order valence-electron chi connectivity index (χ3n) is 11.9. The topological polar surface area (TPSA) is 20.2 Å². The maximum absolute atomic E-state index is 10.3. The zero-order valence-electron chi connectivity index (χ0n) is 21.1. The van der Waals surface area contributed by atoms with Gasteiger partial charge >= 0.3 is 0 Å². The van der Waals surface area contributed by atoms with Gasteiger partial charge in [0.05, 0.1) is 6.10 Å². The Morgan fingerprint density at radius 1 is 0.833 bits per heavy atom. The minimum atomic E-state index is -0.0111. The molecule has 10 atom stereocenters. The highest BCUT2D eigenvalue weighted by Gasteiger charge is 2.60. The predicted octanol–water partition coefficient (Wildman–Crippen LogP) is 8.10. The molecule has 0 spiro atoms. The van der Waals surface area contributed by atoms with E-state index in [1.165, 1.54) is 64.2 Å². The van der Waals surface area contributed by atoms with E-state index in [0.29, 0.717) is 10.8 Å². The van der Waals surface area contributed by atoms with E-state index in [-0.39, 0.29) is 6.10 Å². The second-order valence-electron chi connectivity index (χ2n) is 13.3. The summed E-state index contributed by atoms with van der Waals surface area (Å²) in [6.07, 6.45) is 16.5. The lowest BCUT2D eigenvalue weighted by molar-refractivity contribution is -0.129. The fourth-order valence-corrected chi connectivity index (χ4v) is 9.90. The van der Waals surface area contributed by atoms with Crippen LogP contribution in [-0.2, 0) is 0 Å². The van der Waals surface area contributed by atoms with Crippen molar-refractivity contribution in [2.75, 3.05) is 0 Å². The zero-order valence-corrected chi connectivity index (χ0v) is 21.1. The fraction of sp³-hybridized carbons (Fsp3) is 1.00. The van der Waals surface area contributed by atoms with Crippen LogP contribution >= 0.6 is 0 Å². The lowest BCUT2D eigenvalue weighted by Gasteiger charge is -2.61. The monoisotopic (exact) mass is 416 g/mol. The highest BCUT2D eigenvalue weighted by molar-refractivity contribution is 5.09. The quantitative estimate of drug-likeness (QED) is 0.463. The van der Waals surface area contributed by atoms with E-state index in [1.54, 1.807) is 0 Å². The summed E-state index contributed by atoms with van der Waals surface area (Å²) in [4.78, 5) is 0. The molecule has 0 aromatic carbocycles. The summed E-state index contributed by atoms with van der Waals surface area (Å²) in [7, 11) is 0. The lowest BCUT2D eigenvalue weighted by atomic mass is 9.44. The van der Waals surface area contributed by atoms with E-state index in [2.05, 4.69) is 41.5 Å². The molecule has 1 nitrogen and oxygen atoms in total. The van der Waals surface area contributed by atoms with Crippen LogP contribution in [0.1, 0.15) is 119 Å². The SMILES string of the molecule is CCC(CC[C@@H](C)[C@H]1CC[C@H]2[C@@H]3CC[C@H]4CC(O)CC[C@]4(C)[C@H]3CC[C@]12C)C(C)C. The molecule has 0 amide bonds. The van der Waals surface area contributed by atoms with Gasteiger partial charge in [-0.3, -0.25) is 0 Å². The smallest absolute Gasteiger partial charge is 0.0543 e. The van der Waals surface area contributed by atoms with Crippen molar-refractivity contribution in [1.29, 1.82) is 0 Å². The first kappa shape index (κ1) is 23.1. The molecule has 1 heteroatoms. The average molecular weight is 417 g/mol. The first-order valence-electron chi connectivity index (χ1n) is 13.9. The molecule has 4 fully saturated rings. The Bertz CT molecular complexity index is 583. The molecule has 0 aromatic rings. The molecule has 4 aliphatic rings. The minimum absolute atomic E-state index is 0.0111. The van der Waals surface area contributed by atoms with E-state index in [0.717, 1.165) is 60.2 Å². The van der Waals surface area contributed by atoms with Crippen LogP contribution in [0.25, 0.3) is 0 Å². The van der Waals surface area contributed by atoms with Crippen LogP contribution in [0.4, 0.5) is 0 Å². The van der Waals surface area contributed by atoms with Crippen molar-refractivity contribution in [3.05, 3.63) is 0 Å². The van der Waals surface area contributed by atoms with E-state index in [4.69, 9.17) is 0 Å². The Kier molecular flexibility index (Phi) is 6.72. The maximum Gasteiger partial charge on any atom is 0.0543 e. The van der Waals surface area contributed by atoms with Crippen LogP contribution < -0.4 is 0 Å². The summed E-state index contributed by atoms with van der Waals surface area (Å²) in [5.74, 6) is 7.34. The highest BCUT2D eigenvalue weighted by Crippen LogP contribution is 2.68. The van der Waals surface area contributed by atoms with Gasteiger partial charge in [0.15, 0.2) is 0 Å². The normalized spacial score (nSPS) is 48.0. The fourth-order valence-electron chi connectivity index (χ4n) is 9.90. The molecule has 2 unspecified atom stereocenters. The molecule has 0 bridgehead atoms. The number of aliphatic hydroxyl groups is 1. The number of fused-ring (bicyclic) bond motifs is 5. The van der Waals surface area contributed by atoms with Crippen molar-refractivity contribution in [2.45, 2.75) is 125 Å². The maximum atomic E-state index is 10.3. The third kappa shape index (κ3) is 3.82. The van der Waals surface area contributed by atoms with Crippen LogP contribution in [0.3, 0.4) is 0 Å². The number of hydrogen-bond donors (Lipinski definition) is 1. The van der Waals surface area contributed by atoms with Gasteiger partial charge in [-0.25, -0.2) is 0 Å². The molecule has 0 heterocycles. The Morgan fingerprint density at radius 3 is 2.23 bits per heavy atom. The summed E-state index contributed by atoms with van der Waals surface area (Å²) >= 11 is 0. The standard InChI is InChI=1S/C29H52O/c1-7-21(19(2)3)9-8-20(4)25-12-13-26-24-11-10-22-18-23(30)14-16-28(22,5)27(24)15-17-29(25,26)6/h19-27,30H,7-18H2,1-6H3/t20-,21?,22+,23?,24+,25-,26+,27+,28+,29-/m1/s1. The minimum Gasteiger partial charge on any atom is -0.393 e. The second kappa shape index (κ2) is 8.72. The molecule has 4 aliphatic carbocycles. The second-order valence-corrected chi connectivity index (χ2v) is 13.3. The predicted molar refractivity (Wildman–Crippen MR) is 128 cm³/mol. The van der Waals surface area contributed by atoms with Crippen molar-refractivity contribution in [2.24, 2.45) is 58.2 Å². The van der Waals surface area contributed by atoms with Gasteiger partial charge in [-0.2, -0.15) is 0 Å². The van der Waals surface area contributed by atoms with Crippen molar-refractivity contribution in [3.8, 4) is 0 Å². The van der Waals surface area contributed by atoms with Crippen molar-refractivity contribution < 1.29 is 5.11 Å². The average Bonchev–Trinajstić information content (AvgIpc) is 3.06. The Balaban J connectivity index is 1.45. The molecule has 4 rings (SSSR count). The van der Waals surface area contributed by atoms with Crippen molar-refractivity contribution >= 4 is 0 Å². The largest absolute Gasteiger partial charge is 0.393 e. The highest BCUT2D eigenvalue weighted by atomic mass is 16.3. The van der Waals surface area contributed by atoms with Crippen LogP contribution in [0.5, 0.6) is 0 Å². The Hall–Kier alpha value is -0.0400. The third-order valence-corrected chi connectivity index (χ3v) is 11.9.